The average molecular weight is 289 g/mol. The van der Waals surface area contributed by atoms with E-state index in [2.05, 4.69) is 14.9 Å². The highest BCUT2D eigenvalue weighted by molar-refractivity contribution is 7.05. The van der Waals surface area contributed by atoms with Crippen LogP contribution in [0.5, 0.6) is 0 Å². The molecule has 1 aromatic rings. The first-order chi connectivity index (χ1) is 9.81. The van der Waals surface area contributed by atoms with Crippen LogP contribution in [0.1, 0.15) is 61.9 Å². The molecule has 0 radical (unpaired) electrons. The van der Waals surface area contributed by atoms with Crippen LogP contribution in [0.4, 0.5) is 0 Å². The fourth-order valence-electron chi connectivity index (χ4n) is 5.65. The molecule has 5 fully saturated rings. The Labute approximate surface area is 124 Å². The lowest BCUT2D eigenvalue weighted by molar-refractivity contribution is -0.00762. The van der Waals surface area contributed by atoms with Gasteiger partial charge in [0.2, 0.25) is 0 Å². The average Bonchev–Trinajstić information content (AvgIpc) is 3.11. The van der Waals surface area contributed by atoms with Gasteiger partial charge in [-0.25, -0.2) is 0 Å². The molecule has 1 N–H and O–H groups in total. The van der Waals surface area contributed by atoms with E-state index in [4.69, 9.17) is 0 Å². The number of hydrogen-bond acceptors (Lipinski definition) is 4. The molecule has 5 aliphatic rings. The van der Waals surface area contributed by atoms with E-state index in [1.165, 1.54) is 61.9 Å². The summed E-state index contributed by atoms with van der Waals surface area (Å²) in [5, 5.41) is 8.29. The van der Waals surface area contributed by atoms with Gasteiger partial charge >= 0.3 is 0 Å². The minimum absolute atomic E-state index is 0.419. The van der Waals surface area contributed by atoms with E-state index in [1.807, 2.05) is 0 Å². The van der Waals surface area contributed by atoms with E-state index < -0.39 is 0 Å². The van der Waals surface area contributed by atoms with E-state index in [9.17, 15) is 0 Å². The van der Waals surface area contributed by atoms with Crippen LogP contribution < -0.4 is 5.32 Å². The molecule has 0 atom stereocenters. The van der Waals surface area contributed by atoms with Crippen LogP contribution in [-0.4, -0.2) is 15.6 Å². The fourth-order valence-corrected chi connectivity index (χ4v) is 6.37. The van der Waals surface area contributed by atoms with E-state index >= 15 is 0 Å². The van der Waals surface area contributed by atoms with Crippen molar-refractivity contribution in [2.45, 2.75) is 69.4 Å². The third kappa shape index (κ3) is 1.87. The van der Waals surface area contributed by atoms with Gasteiger partial charge in [0, 0.05) is 18.0 Å². The molecule has 4 bridgehead atoms. The summed E-state index contributed by atoms with van der Waals surface area (Å²) < 4.78 is 4.33. The third-order valence-corrected chi connectivity index (χ3v) is 6.95. The van der Waals surface area contributed by atoms with Crippen LogP contribution in [0.15, 0.2) is 0 Å². The molecule has 0 saturated heterocycles. The van der Waals surface area contributed by atoms with Crippen LogP contribution in [0.3, 0.4) is 0 Å². The molecular weight excluding hydrogens is 266 g/mol. The van der Waals surface area contributed by atoms with Gasteiger partial charge < -0.3 is 5.32 Å². The molecule has 108 valence electrons. The fraction of sp³-hybridized carbons (Fsp3) is 0.875. The number of nitrogens with one attached hydrogen (secondary N) is 1. The monoisotopic (exact) mass is 289 g/mol. The second-order valence-corrected chi connectivity index (χ2v) is 8.74. The van der Waals surface area contributed by atoms with Crippen molar-refractivity contribution in [2.75, 3.05) is 0 Å². The van der Waals surface area contributed by atoms with Crippen LogP contribution in [0.25, 0.3) is 0 Å². The van der Waals surface area contributed by atoms with Gasteiger partial charge in [-0.15, -0.1) is 5.10 Å². The van der Waals surface area contributed by atoms with Gasteiger partial charge in [0.05, 0.1) is 10.6 Å². The van der Waals surface area contributed by atoms with Crippen molar-refractivity contribution in [1.82, 2.24) is 14.9 Å². The van der Waals surface area contributed by atoms with Crippen molar-refractivity contribution >= 4 is 11.5 Å². The molecule has 0 amide bonds. The zero-order chi connectivity index (χ0) is 13.2. The van der Waals surface area contributed by atoms with Crippen LogP contribution in [0, 0.1) is 17.8 Å². The Balaban J connectivity index is 1.45. The molecule has 0 unspecified atom stereocenters. The second kappa shape index (κ2) is 4.26. The molecule has 5 saturated carbocycles. The van der Waals surface area contributed by atoms with Crippen molar-refractivity contribution < 1.29 is 0 Å². The Hall–Kier alpha value is -0.480. The summed E-state index contributed by atoms with van der Waals surface area (Å²) in [4.78, 5) is 1.44. The zero-order valence-corrected chi connectivity index (χ0v) is 12.8. The van der Waals surface area contributed by atoms with Crippen molar-refractivity contribution in [2.24, 2.45) is 17.8 Å². The maximum Gasteiger partial charge on any atom is 0.0862 e. The Bertz CT molecular complexity index is 484. The van der Waals surface area contributed by atoms with Crippen molar-refractivity contribution in [3.8, 4) is 0 Å². The van der Waals surface area contributed by atoms with E-state index in [-0.39, 0.29) is 0 Å². The topological polar surface area (TPSA) is 37.8 Å². The summed E-state index contributed by atoms with van der Waals surface area (Å²) in [5.74, 6) is 2.98. The lowest BCUT2D eigenvalue weighted by atomic mass is 9.48. The summed E-state index contributed by atoms with van der Waals surface area (Å²) in [6.45, 7) is 1.01. The highest BCUT2D eigenvalue weighted by Crippen LogP contribution is 2.60. The molecule has 5 aliphatic carbocycles. The van der Waals surface area contributed by atoms with Gasteiger partial charge in [-0.3, -0.25) is 0 Å². The second-order valence-electron chi connectivity index (χ2n) is 7.90. The highest BCUT2D eigenvalue weighted by Gasteiger charge is 2.53. The standard InChI is InChI=1S/C16H23N3S/c1-2-13(1)17-9-14-15(18-19-20-14)16-6-10-3-11(7-16)5-12(4-10)8-16/h10-13,17H,1-9H2. The number of aromatic nitrogens is 2. The molecule has 20 heavy (non-hydrogen) atoms. The SMILES string of the molecule is C(NC1CC1)c1snnc1C12CC3CC(CC(C3)C1)C2. The maximum atomic E-state index is 4.63. The molecule has 6 rings (SSSR count). The Kier molecular flexibility index (Phi) is 2.58. The Morgan fingerprint density at radius 2 is 1.70 bits per heavy atom. The number of hydrogen-bond donors (Lipinski definition) is 1. The van der Waals surface area contributed by atoms with Crippen molar-refractivity contribution in [3.05, 3.63) is 10.6 Å². The quantitative estimate of drug-likeness (QED) is 0.924. The largest absolute Gasteiger partial charge is 0.309 e. The molecule has 0 spiro atoms. The Morgan fingerprint density at radius 3 is 2.30 bits per heavy atom. The molecule has 3 nitrogen and oxygen atoms in total. The van der Waals surface area contributed by atoms with E-state index in [0.717, 1.165) is 30.3 Å². The summed E-state index contributed by atoms with van der Waals surface area (Å²) in [6.07, 6.45) is 11.5. The summed E-state index contributed by atoms with van der Waals surface area (Å²) in [6, 6.07) is 0.779. The lowest BCUT2D eigenvalue weighted by Gasteiger charge is -2.56. The molecule has 0 aromatic carbocycles. The Morgan fingerprint density at radius 1 is 1.05 bits per heavy atom. The van der Waals surface area contributed by atoms with E-state index in [0.29, 0.717) is 5.41 Å². The van der Waals surface area contributed by atoms with Crippen LogP contribution in [-0.2, 0) is 12.0 Å². The molecule has 1 heterocycles. The van der Waals surface area contributed by atoms with Gasteiger partial charge in [-0.1, -0.05) is 4.49 Å². The van der Waals surface area contributed by atoms with Gasteiger partial charge in [-0.05, 0) is 80.7 Å². The maximum absolute atomic E-state index is 4.63. The summed E-state index contributed by atoms with van der Waals surface area (Å²) in [5.41, 5.74) is 1.82. The first-order valence-electron chi connectivity index (χ1n) is 8.36. The lowest BCUT2D eigenvalue weighted by Crippen LogP contribution is -2.49. The zero-order valence-electron chi connectivity index (χ0n) is 12.0. The van der Waals surface area contributed by atoms with Gasteiger partial charge in [0.25, 0.3) is 0 Å². The normalized spacial score (nSPS) is 42.3. The molecule has 4 heteroatoms. The number of nitrogens with zero attached hydrogens (tertiary/aromatic N) is 2. The first-order valence-corrected chi connectivity index (χ1v) is 9.13. The minimum atomic E-state index is 0.419. The predicted octanol–water partition coefficient (Wildman–Crippen LogP) is 3.26. The number of rotatable bonds is 4. The van der Waals surface area contributed by atoms with Crippen molar-refractivity contribution in [3.63, 3.8) is 0 Å². The third-order valence-electron chi connectivity index (χ3n) is 6.23. The summed E-state index contributed by atoms with van der Waals surface area (Å²) >= 11 is 1.64. The minimum Gasteiger partial charge on any atom is -0.309 e. The van der Waals surface area contributed by atoms with Gasteiger partial charge in [-0.2, -0.15) is 0 Å². The van der Waals surface area contributed by atoms with E-state index in [1.54, 1.807) is 11.5 Å². The van der Waals surface area contributed by atoms with Gasteiger partial charge in [0.15, 0.2) is 0 Å². The van der Waals surface area contributed by atoms with Crippen molar-refractivity contribution in [1.29, 1.82) is 0 Å². The molecule has 1 aromatic heterocycles. The molecular formula is C16H23N3S. The molecule has 0 aliphatic heterocycles. The first kappa shape index (κ1) is 12.1. The van der Waals surface area contributed by atoms with Gasteiger partial charge in [0.1, 0.15) is 0 Å². The van der Waals surface area contributed by atoms with Crippen LogP contribution in [0.2, 0.25) is 0 Å². The predicted molar refractivity (Wildman–Crippen MR) is 79.6 cm³/mol. The van der Waals surface area contributed by atoms with Crippen LogP contribution >= 0.6 is 11.5 Å². The summed E-state index contributed by atoms with van der Waals surface area (Å²) in [7, 11) is 0. The highest BCUT2D eigenvalue weighted by atomic mass is 32.1. The smallest absolute Gasteiger partial charge is 0.0862 e.